The van der Waals surface area contributed by atoms with Crippen LogP contribution in [0.4, 0.5) is 5.13 Å². The molecule has 2 rings (SSSR count). The van der Waals surface area contributed by atoms with Gasteiger partial charge in [-0.1, -0.05) is 5.21 Å². The maximum atomic E-state index is 4.11. The van der Waals surface area contributed by atoms with Crippen molar-refractivity contribution in [3.63, 3.8) is 0 Å². The monoisotopic (exact) mass is 209 g/mol. The van der Waals surface area contributed by atoms with Gasteiger partial charge in [-0.25, -0.2) is 4.98 Å². The lowest BCUT2D eigenvalue weighted by molar-refractivity contribution is 0.626. The maximum absolute atomic E-state index is 4.11. The van der Waals surface area contributed by atoms with Crippen molar-refractivity contribution in [2.75, 3.05) is 5.32 Å². The van der Waals surface area contributed by atoms with Gasteiger partial charge in [0.25, 0.3) is 0 Å². The van der Waals surface area contributed by atoms with Crippen LogP contribution in [0.1, 0.15) is 12.6 Å². The molecule has 74 valence electrons. The second kappa shape index (κ2) is 4.19. The Hall–Kier alpha value is -1.43. The first-order valence-corrected chi connectivity index (χ1v) is 5.29. The number of nitrogens with zero attached hydrogens (tertiary/aromatic N) is 4. The Bertz CT molecular complexity index is 380. The Labute approximate surface area is 85.8 Å². The highest BCUT2D eigenvalue weighted by Gasteiger charge is 1.99. The molecular weight excluding hydrogens is 198 g/mol. The SMILES string of the molecule is CCn1cc(CNc2nccs2)nn1. The molecule has 0 radical (unpaired) electrons. The van der Waals surface area contributed by atoms with E-state index in [1.807, 2.05) is 18.5 Å². The molecule has 0 spiro atoms. The molecule has 0 aromatic carbocycles. The molecule has 0 fully saturated rings. The van der Waals surface area contributed by atoms with E-state index in [1.165, 1.54) is 0 Å². The van der Waals surface area contributed by atoms with Crippen LogP contribution in [0.3, 0.4) is 0 Å². The average Bonchev–Trinajstić information content (AvgIpc) is 2.86. The molecule has 14 heavy (non-hydrogen) atoms. The molecule has 2 heterocycles. The minimum absolute atomic E-state index is 0.674. The molecule has 1 N–H and O–H groups in total. The van der Waals surface area contributed by atoms with E-state index in [1.54, 1.807) is 22.2 Å². The van der Waals surface area contributed by atoms with Crippen LogP contribution >= 0.6 is 11.3 Å². The number of anilines is 1. The van der Waals surface area contributed by atoms with Crippen molar-refractivity contribution in [2.45, 2.75) is 20.0 Å². The molecule has 0 aliphatic carbocycles. The molecule has 0 bridgehead atoms. The summed E-state index contributed by atoms with van der Waals surface area (Å²) in [6.07, 6.45) is 3.70. The third kappa shape index (κ3) is 2.08. The lowest BCUT2D eigenvalue weighted by Gasteiger charge is -1.96. The van der Waals surface area contributed by atoms with Gasteiger partial charge in [0, 0.05) is 18.1 Å². The van der Waals surface area contributed by atoms with E-state index in [2.05, 4.69) is 20.6 Å². The number of aromatic nitrogens is 4. The predicted molar refractivity (Wildman–Crippen MR) is 55.1 cm³/mol. The molecule has 0 amide bonds. The summed E-state index contributed by atoms with van der Waals surface area (Å²) in [7, 11) is 0. The van der Waals surface area contributed by atoms with Crippen molar-refractivity contribution in [1.29, 1.82) is 0 Å². The number of nitrogens with one attached hydrogen (secondary N) is 1. The largest absolute Gasteiger partial charge is 0.356 e. The summed E-state index contributed by atoms with van der Waals surface area (Å²) in [6.45, 7) is 3.56. The molecule has 5 nitrogen and oxygen atoms in total. The standard InChI is InChI=1S/C8H11N5S/c1-2-13-6-7(11-12-13)5-10-8-9-3-4-14-8/h3-4,6H,2,5H2,1H3,(H,9,10). The molecule has 0 atom stereocenters. The van der Waals surface area contributed by atoms with Gasteiger partial charge < -0.3 is 5.32 Å². The van der Waals surface area contributed by atoms with E-state index in [-0.39, 0.29) is 0 Å². The summed E-state index contributed by atoms with van der Waals surface area (Å²) >= 11 is 1.58. The van der Waals surface area contributed by atoms with Crippen molar-refractivity contribution in [3.05, 3.63) is 23.5 Å². The second-order valence-corrected chi connectivity index (χ2v) is 3.65. The van der Waals surface area contributed by atoms with Crippen molar-refractivity contribution in [1.82, 2.24) is 20.0 Å². The van der Waals surface area contributed by atoms with E-state index in [0.29, 0.717) is 6.54 Å². The maximum Gasteiger partial charge on any atom is 0.182 e. The van der Waals surface area contributed by atoms with Gasteiger partial charge in [0.05, 0.1) is 12.7 Å². The number of hydrogen-bond acceptors (Lipinski definition) is 5. The van der Waals surface area contributed by atoms with Crippen molar-refractivity contribution < 1.29 is 0 Å². The third-order valence-electron chi connectivity index (χ3n) is 1.76. The first kappa shape index (κ1) is 9.14. The van der Waals surface area contributed by atoms with E-state index >= 15 is 0 Å². The third-order valence-corrected chi connectivity index (χ3v) is 2.49. The summed E-state index contributed by atoms with van der Waals surface area (Å²) < 4.78 is 1.80. The fourth-order valence-electron chi connectivity index (χ4n) is 1.05. The zero-order valence-corrected chi connectivity index (χ0v) is 8.66. The average molecular weight is 209 g/mol. The summed E-state index contributed by atoms with van der Waals surface area (Å²) in [5.41, 5.74) is 0.932. The van der Waals surface area contributed by atoms with Gasteiger partial charge in [0.1, 0.15) is 5.69 Å². The fourth-order valence-corrected chi connectivity index (χ4v) is 1.58. The normalized spacial score (nSPS) is 10.4. The Morgan fingerprint density at radius 2 is 2.50 bits per heavy atom. The van der Waals surface area contributed by atoms with Crippen LogP contribution in [0, 0.1) is 0 Å². The zero-order chi connectivity index (χ0) is 9.80. The molecular formula is C8H11N5S. The number of hydrogen-bond donors (Lipinski definition) is 1. The van der Waals surface area contributed by atoms with Gasteiger partial charge in [0.2, 0.25) is 0 Å². The highest BCUT2D eigenvalue weighted by molar-refractivity contribution is 7.13. The Kier molecular flexibility index (Phi) is 2.73. The lowest BCUT2D eigenvalue weighted by atomic mass is 10.5. The van der Waals surface area contributed by atoms with E-state index in [4.69, 9.17) is 0 Å². The molecule has 0 unspecified atom stereocenters. The smallest absolute Gasteiger partial charge is 0.182 e. The predicted octanol–water partition coefficient (Wildman–Crippen LogP) is 1.37. The van der Waals surface area contributed by atoms with Crippen LogP contribution in [0.15, 0.2) is 17.8 Å². The fraction of sp³-hybridized carbons (Fsp3) is 0.375. The molecule has 0 saturated carbocycles. The summed E-state index contributed by atoms with van der Waals surface area (Å²) in [4.78, 5) is 4.11. The van der Waals surface area contributed by atoms with Gasteiger partial charge in [-0.05, 0) is 6.92 Å². The molecule has 0 aliphatic rings. The number of aryl methyl sites for hydroxylation is 1. The van der Waals surface area contributed by atoms with Crippen LogP contribution in [0.25, 0.3) is 0 Å². The van der Waals surface area contributed by atoms with Crippen molar-refractivity contribution >= 4 is 16.5 Å². The summed E-state index contributed by atoms with van der Waals surface area (Å²) in [5, 5.41) is 14.0. The first-order chi connectivity index (χ1) is 6.88. The molecule has 0 aliphatic heterocycles. The van der Waals surface area contributed by atoms with Crippen LogP contribution in [0.5, 0.6) is 0 Å². The molecule has 0 saturated heterocycles. The van der Waals surface area contributed by atoms with E-state index in [9.17, 15) is 0 Å². The van der Waals surface area contributed by atoms with Crippen LogP contribution < -0.4 is 5.32 Å². The van der Waals surface area contributed by atoms with Crippen LogP contribution in [-0.4, -0.2) is 20.0 Å². The topological polar surface area (TPSA) is 55.6 Å². The Morgan fingerprint density at radius 3 is 3.14 bits per heavy atom. The highest BCUT2D eigenvalue weighted by atomic mass is 32.1. The zero-order valence-electron chi connectivity index (χ0n) is 7.84. The van der Waals surface area contributed by atoms with Gasteiger partial charge in [-0.3, -0.25) is 4.68 Å². The van der Waals surface area contributed by atoms with Gasteiger partial charge >= 0.3 is 0 Å². The number of rotatable bonds is 4. The summed E-state index contributed by atoms with van der Waals surface area (Å²) in [5.74, 6) is 0. The van der Waals surface area contributed by atoms with Gasteiger partial charge in [-0.2, -0.15) is 0 Å². The Morgan fingerprint density at radius 1 is 1.57 bits per heavy atom. The summed E-state index contributed by atoms with van der Waals surface area (Å²) in [6, 6.07) is 0. The first-order valence-electron chi connectivity index (χ1n) is 4.41. The quantitative estimate of drug-likeness (QED) is 0.826. The van der Waals surface area contributed by atoms with Crippen LogP contribution in [0.2, 0.25) is 0 Å². The van der Waals surface area contributed by atoms with Crippen molar-refractivity contribution in [2.24, 2.45) is 0 Å². The second-order valence-electron chi connectivity index (χ2n) is 2.76. The van der Waals surface area contributed by atoms with Gasteiger partial charge in [-0.15, -0.1) is 16.4 Å². The lowest BCUT2D eigenvalue weighted by Crippen LogP contribution is -1.98. The minimum atomic E-state index is 0.674. The molecule has 2 aromatic heterocycles. The van der Waals surface area contributed by atoms with Gasteiger partial charge in [0.15, 0.2) is 5.13 Å². The molecule has 2 aromatic rings. The molecule has 6 heteroatoms. The van der Waals surface area contributed by atoms with Crippen LogP contribution in [-0.2, 0) is 13.1 Å². The van der Waals surface area contributed by atoms with Crippen molar-refractivity contribution in [3.8, 4) is 0 Å². The van der Waals surface area contributed by atoms with E-state index < -0.39 is 0 Å². The minimum Gasteiger partial charge on any atom is -0.356 e. The highest BCUT2D eigenvalue weighted by Crippen LogP contribution is 2.10. The number of thiazole rings is 1. The van der Waals surface area contributed by atoms with E-state index in [0.717, 1.165) is 17.4 Å². The Balaban J connectivity index is 1.92.